The number of carbonyl (C=O) groups excluding carboxylic acids is 2. The van der Waals surface area contributed by atoms with Crippen LogP contribution in [0.3, 0.4) is 0 Å². The molecule has 5 heteroatoms. The Morgan fingerprint density at radius 3 is 1.38 bits per heavy atom. The molecule has 21 heavy (non-hydrogen) atoms. The third-order valence-corrected chi connectivity index (χ3v) is 4.58. The topological polar surface area (TPSA) is 52.7 Å². The highest BCUT2D eigenvalue weighted by Crippen LogP contribution is 2.12. The molecule has 2 fully saturated rings. The molecule has 0 spiro atoms. The van der Waals surface area contributed by atoms with Gasteiger partial charge in [0.25, 0.3) is 0 Å². The lowest BCUT2D eigenvalue weighted by atomic mass is 10.1. The van der Waals surface area contributed by atoms with Crippen LogP contribution in [0.4, 0.5) is 0 Å². The van der Waals surface area contributed by atoms with Crippen molar-refractivity contribution in [2.24, 2.45) is 0 Å². The maximum absolute atomic E-state index is 12.4. The van der Waals surface area contributed by atoms with Crippen molar-refractivity contribution in [3.05, 3.63) is 0 Å². The SMILES string of the molecule is CC(NC(C)C(=O)N1CCCCC1)C(=O)N1CCCCC1. The van der Waals surface area contributed by atoms with Crippen molar-refractivity contribution in [2.45, 2.75) is 64.5 Å². The smallest absolute Gasteiger partial charge is 0.239 e. The minimum atomic E-state index is -0.285. The second-order valence-corrected chi connectivity index (χ2v) is 6.38. The molecule has 2 unspecified atom stereocenters. The van der Waals surface area contributed by atoms with E-state index in [1.165, 1.54) is 12.8 Å². The number of piperidine rings is 2. The van der Waals surface area contributed by atoms with Crippen LogP contribution in [-0.2, 0) is 9.59 Å². The van der Waals surface area contributed by atoms with Crippen molar-refractivity contribution in [1.82, 2.24) is 15.1 Å². The van der Waals surface area contributed by atoms with Gasteiger partial charge in [-0.15, -0.1) is 0 Å². The predicted molar refractivity (Wildman–Crippen MR) is 82.9 cm³/mol. The fourth-order valence-electron chi connectivity index (χ4n) is 3.29. The van der Waals surface area contributed by atoms with Gasteiger partial charge in [0.05, 0.1) is 12.1 Å². The van der Waals surface area contributed by atoms with E-state index in [4.69, 9.17) is 0 Å². The Bertz CT molecular complexity index is 327. The Morgan fingerprint density at radius 2 is 1.05 bits per heavy atom. The van der Waals surface area contributed by atoms with Gasteiger partial charge in [0.2, 0.25) is 11.8 Å². The molecule has 2 rings (SSSR count). The monoisotopic (exact) mass is 295 g/mol. The summed E-state index contributed by atoms with van der Waals surface area (Å²) in [6, 6.07) is -0.571. The molecule has 2 amide bonds. The first-order valence-corrected chi connectivity index (χ1v) is 8.43. The molecule has 1 N–H and O–H groups in total. The number of nitrogens with one attached hydrogen (secondary N) is 1. The standard InChI is InChI=1S/C16H29N3O2/c1-13(15(20)18-9-5-3-6-10-18)17-14(2)16(21)19-11-7-4-8-12-19/h13-14,17H,3-12H2,1-2H3. The van der Waals surface area contributed by atoms with Crippen LogP contribution in [0.25, 0.3) is 0 Å². The molecule has 5 nitrogen and oxygen atoms in total. The Balaban J connectivity index is 1.81. The molecule has 0 radical (unpaired) electrons. The first-order chi connectivity index (χ1) is 10.1. The highest BCUT2D eigenvalue weighted by molar-refractivity contribution is 5.85. The molecule has 0 aromatic rings. The predicted octanol–water partition coefficient (Wildman–Crippen LogP) is 1.38. The third kappa shape index (κ3) is 4.43. The molecule has 120 valence electrons. The average molecular weight is 295 g/mol. The van der Waals surface area contributed by atoms with Crippen LogP contribution in [0.1, 0.15) is 52.4 Å². The molecule has 0 aromatic heterocycles. The summed E-state index contributed by atoms with van der Waals surface area (Å²) in [7, 11) is 0. The molecule has 0 aromatic carbocycles. The molecule has 0 saturated carbocycles. The van der Waals surface area contributed by atoms with Crippen LogP contribution in [0.2, 0.25) is 0 Å². The number of carbonyl (C=O) groups is 2. The zero-order valence-corrected chi connectivity index (χ0v) is 13.4. The Kier molecular flexibility index (Phi) is 6.03. The van der Waals surface area contributed by atoms with Crippen LogP contribution < -0.4 is 5.32 Å². The summed E-state index contributed by atoms with van der Waals surface area (Å²) in [5.74, 6) is 0.265. The summed E-state index contributed by atoms with van der Waals surface area (Å²) in [4.78, 5) is 28.6. The number of hydrogen-bond donors (Lipinski definition) is 1. The maximum atomic E-state index is 12.4. The Labute approximate surface area is 128 Å². The first kappa shape index (κ1) is 16.3. The molecule has 2 saturated heterocycles. The fourth-order valence-corrected chi connectivity index (χ4v) is 3.29. The van der Waals surface area contributed by atoms with Gasteiger partial charge >= 0.3 is 0 Å². The summed E-state index contributed by atoms with van der Waals surface area (Å²) in [5, 5.41) is 3.19. The molecule has 2 aliphatic heterocycles. The lowest BCUT2D eigenvalue weighted by Crippen LogP contribution is -2.54. The summed E-state index contributed by atoms with van der Waals surface area (Å²) in [6.45, 7) is 7.19. The van der Waals surface area contributed by atoms with E-state index < -0.39 is 0 Å². The molecule has 2 atom stereocenters. The van der Waals surface area contributed by atoms with E-state index in [1.54, 1.807) is 0 Å². The number of hydrogen-bond acceptors (Lipinski definition) is 3. The highest BCUT2D eigenvalue weighted by atomic mass is 16.2. The number of amides is 2. The van der Waals surface area contributed by atoms with Crippen LogP contribution in [-0.4, -0.2) is 59.9 Å². The van der Waals surface area contributed by atoms with Crippen molar-refractivity contribution in [2.75, 3.05) is 26.2 Å². The minimum Gasteiger partial charge on any atom is -0.341 e. The first-order valence-electron chi connectivity index (χ1n) is 8.43. The molecular weight excluding hydrogens is 266 g/mol. The van der Waals surface area contributed by atoms with Crippen molar-refractivity contribution in [3.63, 3.8) is 0 Å². The average Bonchev–Trinajstić information content (AvgIpc) is 2.55. The summed E-state index contributed by atoms with van der Waals surface area (Å²) >= 11 is 0. The van der Waals surface area contributed by atoms with Crippen molar-refractivity contribution in [1.29, 1.82) is 0 Å². The van der Waals surface area contributed by atoms with Gasteiger partial charge in [-0.3, -0.25) is 14.9 Å². The van der Waals surface area contributed by atoms with Gasteiger partial charge in [-0.25, -0.2) is 0 Å². The van der Waals surface area contributed by atoms with Crippen molar-refractivity contribution < 1.29 is 9.59 Å². The number of nitrogens with zero attached hydrogens (tertiary/aromatic N) is 2. The van der Waals surface area contributed by atoms with E-state index in [0.717, 1.165) is 51.9 Å². The van der Waals surface area contributed by atoms with E-state index in [9.17, 15) is 9.59 Å². The quantitative estimate of drug-likeness (QED) is 0.852. The van der Waals surface area contributed by atoms with E-state index in [2.05, 4.69) is 5.32 Å². The zero-order valence-electron chi connectivity index (χ0n) is 13.4. The van der Waals surface area contributed by atoms with Gasteiger partial charge in [-0.2, -0.15) is 0 Å². The zero-order chi connectivity index (χ0) is 15.2. The van der Waals surface area contributed by atoms with Crippen molar-refractivity contribution >= 4 is 11.8 Å². The van der Waals surface area contributed by atoms with E-state index in [-0.39, 0.29) is 23.9 Å². The van der Waals surface area contributed by atoms with Gasteiger partial charge < -0.3 is 9.80 Å². The number of rotatable bonds is 4. The normalized spacial score (nSPS) is 22.8. The van der Waals surface area contributed by atoms with Crippen LogP contribution in [0.5, 0.6) is 0 Å². The number of likely N-dealkylation sites (tertiary alicyclic amines) is 2. The van der Waals surface area contributed by atoms with E-state index >= 15 is 0 Å². The molecule has 2 heterocycles. The van der Waals surface area contributed by atoms with Gasteiger partial charge in [-0.05, 0) is 52.4 Å². The van der Waals surface area contributed by atoms with E-state index in [1.807, 2.05) is 23.6 Å². The molecule has 0 bridgehead atoms. The van der Waals surface area contributed by atoms with Crippen molar-refractivity contribution in [3.8, 4) is 0 Å². The summed E-state index contributed by atoms with van der Waals surface area (Å²) < 4.78 is 0. The van der Waals surface area contributed by atoms with Gasteiger partial charge in [-0.1, -0.05) is 0 Å². The highest BCUT2D eigenvalue weighted by Gasteiger charge is 2.27. The second-order valence-electron chi connectivity index (χ2n) is 6.38. The fraction of sp³-hybridized carbons (Fsp3) is 0.875. The van der Waals surface area contributed by atoms with Gasteiger partial charge in [0, 0.05) is 26.2 Å². The largest absolute Gasteiger partial charge is 0.341 e. The lowest BCUT2D eigenvalue weighted by Gasteiger charge is -2.32. The lowest BCUT2D eigenvalue weighted by molar-refractivity contribution is -0.136. The van der Waals surface area contributed by atoms with Gasteiger partial charge in [0.15, 0.2) is 0 Å². The van der Waals surface area contributed by atoms with E-state index in [0.29, 0.717) is 0 Å². The minimum absolute atomic E-state index is 0.132. The Hall–Kier alpha value is -1.10. The third-order valence-electron chi connectivity index (χ3n) is 4.58. The summed E-state index contributed by atoms with van der Waals surface area (Å²) in [5.41, 5.74) is 0. The summed E-state index contributed by atoms with van der Waals surface area (Å²) in [6.07, 6.45) is 6.83. The second kappa shape index (κ2) is 7.78. The van der Waals surface area contributed by atoms with Crippen LogP contribution in [0, 0.1) is 0 Å². The molecule has 0 aliphatic carbocycles. The van der Waals surface area contributed by atoms with Crippen LogP contribution in [0.15, 0.2) is 0 Å². The molecular formula is C16H29N3O2. The van der Waals surface area contributed by atoms with Crippen LogP contribution >= 0.6 is 0 Å². The van der Waals surface area contributed by atoms with Gasteiger partial charge in [0.1, 0.15) is 0 Å². The molecule has 2 aliphatic rings. The Morgan fingerprint density at radius 1 is 0.714 bits per heavy atom. The maximum Gasteiger partial charge on any atom is 0.239 e.